The van der Waals surface area contributed by atoms with Crippen LogP contribution in [0.5, 0.6) is 5.75 Å². The second-order valence-electron chi connectivity index (χ2n) is 5.08. The minimum atomic E-state index is -1.18. The molecule has 7 nitrogen and oxygen atoms in total. The molecular weight excluding hydrogens is 324 g/mol. The number of carbonyl (C=O) groups is 2. The van der Waals surface area contributed by atoms with Crippen LogP contribution in [0.1, 0.15) is 20.7 Å². The van der Waals surface area contributed by atoms with E-state index in [1.54, 1.807) is 36.7 Å². The number of methoxy groups -OCH3 is 1. The van der Waals surface area contributed by atoms with Gasteiger partial charge in [-0.1, -0.05) is 0 Å². The Kier molecular flexibility index (Phi) is 4.47. The van der Waals surface area contributed by atoms with Gasteiger partial charge in [-0.3, -0.25) is 4.79 Å². The first-order valence-electron chi connectivity index (χ1n) is 7.31. The number of hydrogen-bond donors (Lipinski definition) is 2. The number of carboxylic acid groups (broad SMARTS) is 1. The molecular formula is C18H14N2O5. The second kappa shape index (κ2) is 6.88. The molecule has 7 heteroatoms. The number of nitrogens with zero attached hydrogens (tertiary/aromatic N) is 1. The number of benzene rings is 1. The molecule has 0 bridgehead atoms. The fraction of sp³-hybridized carbons (Fsp3) is 0.0556. The molecule has 126 valence electrons. The molecule has 3 rings (SSSR count). The van der Waals surface area contributed by atoms with Gasteiger partial charge in [0.2, 0.25) is 0 Å². The first-order chi connectivity index (χ1) is 12.1. The fourth-order valence-electron chi connectivity index (χ4n) is 2.30. The third-order valence-electron chi connectivity index (χ3n) is 3.50. The number of amides is 1. The van der Waals surface area contributed by atoms with Crippen LogP contribution < -0.4 is 10.1 Å². The molecule has 1 aromatic carbocycles. The van der Waals surface area contributed by atoms with E-state index in [0.29, 0.717) is 11.6 Å². The Hall–Kier alpha value is -3.61. The van der Waals surface area contributed by atoms with Crippen LogP contribution >= 0.6 is 0 Å². The number of aromatic carboxylic acids is 1. The zero-order valence-electron chi connectivity index (χ0n) is 13.2. The zero-order valence-corrected chi connectivity index (χ0v) is 13.2. The number of carboxylic acids is 1. The Balaban J connectivity index is 1.84. The quantitative estimate of drug-likeness (QED) is 0.740. The lowest BCUT2D eigenvalue weighted by Crippen LogP contribution is -2.14. The van der Waals surface area contributed by atoms with Gasteiger partial charge < -0.3 is 19.6 Å². The summed E-state index contributed by atoms with van der Waals surface area (Å²) in [6, 6.07) is 11.2. The predicted octanol–water partition coefficient (Wildman–Crippen LogP) is 3.30. The number of aromatic nitrogens is 1. The standard InChI is InChI=1S/C18H14N2O5/c1-24-15-5-4-12(9-13(15)18(22)23)17(21)20-16-10-11(6-7-19-16)14-3-2-8-25-14/h2-10H,1H3,(H,22,23)(H,19,20,21). The van der Waals surface area contributed by atoms with Crippen LogP contribution in [-0.2, 0) is 0 Å². The van der Waals surface area contributed by atoms with Gasteiger partial charge in [-0.25, -0.2) is 9.78 Å². The first kappa shape index (κ1) is 16.3. The van der Waals surface area contributed by atoms with E-state index >= 15 is 0 Å². The number of carbonyl (C=O) groups excluding carboxylic acids is 1. The van der Waals surface area contributed by atoms with Gasteiger partial charge in [0.15, 0.2) is 0 Å². The fourth-order valence-corrected chi connectivity index (χ4v) is 2.30. The van der Waals surface area contributed by atoms with Crippen molar-refractivity contribution >= 4 is 17.7 Å². The first-order valence-corrected chi connectivity index (χ1v) is 7.31. The molecule has 0 saturated carbocycles. The molecule has 0 atom stereocenters. The van der Waals surface area contributed by atoms with E-state index in [1.807, 2.05) is 0 Å². The van der Waals surface area contributed by atoms with E-state index in [0.717, 1.165) is 5.56 Å². The van der Waals surface area contributed by atoms with Crippen molar-refractivity contribution in [1.82, 2.24) is 4.98 Å². The Morgan fingerprint density at radius 2 is 2.04 bits per heavy atom. The molecule has 2 heterocycles. The average Bonchev–Trinajstić information content (AvgIpc) is 3.16. The summed E-state index contributed by atoms with van der Waals surface area (Å²) in [5, 5.41) is 11.8. The maximum atomic E-state index is 12.4. The molecule has 0 aliphatic carbocycles. The summed E-state index contributed by atoms with van der Waals surface area (Å²) in [6.45, 7) is 0. The van der Waals surface area contributed by atoms with Crippen molar-refractivity contribution in [2.75, 3.05) is 12.4 Å². The van der Waals surface area contributed by atoms with Gasteiger partial charge in [0.1, 0.15) is 22.9 Å². The number of ether oxygens (including phenoxy) is 1. The van der Waals surface area contributed by atoms with E-state index in [-0.39, 0.29) is 16.9 Å². The van der Waals surface area contributed by atoms with Crippen molar-refractivity contribution in [3.63, 3.8) is 0 Å². The van der Waals surface area contributed by atoms with E-state index in [2.05, 4.69) is 10.3 Å². The summed E-state index contributed by atoms with van der Waals surface area (Å²) in [7, 11) is 1.37. The third-order valence-corrected chi connectivity index (χ3v) is 3.50. The highest BCUT2D eigenvalue weighted by atomic mass is 16.5. The van der Waals surface area contributed by atoms with Crippen molar-refractivity contribution in [1.29, 1.82) is 0 Å². The van der Waals surface area contributed by atoms with Crippen molar-refractivity contribution in [3.8, 4) is 17.1 Å². The summed E-state index contributed by atoms with van der Waals surface area (Å²) in [5.41, 5.74) is 0.854. The minimum absolute atomic E-state index is 0.0903. The molecule has 2 N–H and O–H groups in total. The highest BCUT2D eigenvalue weighted by molar-refractivity contribution is 6.05. The number of pyridine rings is 1. The molecule has 0 spiro atoms. The molecule has 1 amide bonds. The molecule has 0 fully saturated rings. The molecule has 25 heavy (non-hydrogen) atoms. The van der Waals surface area contributed by atoms with Crippen LogP contribution in [0.4, 0.5) is 5.82 Å². The molecule has 3 aromatic rings. The van der Waals surface area contributed by atoms with Gasteiger partial charge in [0, 0.05) is 17.3 Å². The van der Waals surface area contributed by atoms with Crippen LogP contribution in [-0.4, -0.2) is 29.1 Å². The van der Waals surface area contributed by atoms with Crippen LogP contribution in [0, 0.1) is 0 Å². The number of rotatable bonds is 5. The Morgan fingerprint density at radius 1 is 1.20 bits per heavy atom. The van der Waals surface area contributed by atoms with E-state index < -0.39 is 11.9 Å². The van der Waals surface area contributed by atoms with Gasteiger partial charge in [0.05, 0.1) is 13.4 Å². The molecule has 0 unspecified atom stereocenters. The predicted molar refractivity (Wildman–Crippen MR) is 89.8 cm³/mol. The van der Waals surface area contributed by atoms with Gasteiger partial charge in [-0.15, -0.1) is 0 Å². The van der Waals surface area contributed by atoms with Gasteiger partial charge in [-0.2, -0.15) is 0 Å². The largest absolute Gasteiger partial charge is 0.496 e. The highest BCUT2D eigenvalue weighted by Gasteiger charge is 2.15. The van der Waals surface area contributed by atoms with Crippen LogP contribution in [0.25, 0.3) is 11.3 Å². The SMILES string of the molecule is COc1ccc(C(=O)Nc2cc(-c3ccco3)ccn2)cc1C(=O)O. The number of anilines is 1. The lowest BCUT2D eigenvalue weighted by molar-refractivity contribution is 0.0693. The monoisotopic (exact) mass is 338 g/mol. The molecule has 0 radical (unpaired) electrons. The van der Waals surface area contributed by atoms with E-state index in [4.69, 9.17) is 9.15 Å². The smallest absolute Gasteiger partial charge is 0.339 e. The van der Waals surface area contributed by atoms with Gasteiger partial charge in [0.25, 0.3) is 5.91 Å². The molecule has 0 aliphatic rings. The zero-order chi connectivity index (χ0) is 17.8. The van der Waals surface area contributed by atoms with Crippen LogP contribution in [0.15, 0.2) is 59.3 Å². The summed E-state index contributed by atoms with van der Waals surface area (Å²) >= 11 is 0. The number of nitrogens with one attached hydrogen (secondary N) is 1. The normalized spacial score (nSPS) is 10.3. The summed E-state index contributed by atoms with van der Waals surface area (Å²) in [4.78, 5) is 27.7. The number of furan rings is 1. The van der Waals surface area contributed by atoms with Crippen molar-refractivity contribution in [2.24, 2.45) is 0 Å². The van der Waals surface area contributed by atoms with Crippen molar-refractivity contribution in [3.05, 3.63) is 66.1 Å². The molecule has 2 aromatic heterocycles. The lowest BCUT2D eigenvalue weighted by Gasteiger charge is -2.09. The van der Waals surface area contributed by atoms with E-state index in [9.17, 15) is 14.7 Å². The van der Waals surface area contributed by atoms with Crippen LogP contribution in [0.3, 0.4) is 0 Å². The van der Waals surface area contributed by atoms with E-state index in [1.165, 1.54) is 25.3 Å². The number of hydrogen-bond acceptors (Lipinski definition) is 5. The second-order valence-corrected chi connectivity index (χ2v) is 5.08. The Labute approximate surface area is 142 Å². The minimum Gasteiger partial charge on any atom is -0.496 e. The maximum absolute atomic E-state index is 12.4. The van der Waals surface area contributed by atoms with Gasteiger partial charge in [-0.05, 0) is 42.5 Å². The lowest BCUT2D eigenvalue weighted by atomic mass is 10.1. The molecule has 0 saturated heterocycles. The summed E-state index contributed by atoms with van der Waals surface area (Å²) in [6.07, 6.45) is 3.10. The van der Waals surface area contributed by atoms with Gasteiger partial charge >= 0.3 is 5.97 Å². The maximum Gasteiger partial charge on any atom is 0.339 e. The van der Waals surface area contributed by atoms with Crippen LogP contribution in [0.2, 0.25) is 0 Å². The summed E-state index contributed by atoms with van der Waals surface area (Å²) < 4.78 is 10.3. The highest BCUT2D eigenvalue weighted by Crippen LogP contribution is 2.23. The summed E-state index contributed by atoms with van der Waals surface area (Å²) in [5.74, 6) is -0.497. The average molecular weight is 338 g/mol. The third kappa shape index (κ3) is 3.50. The van der Waals surface area contributed by atoms with Crippen molar-refractivity contribution < 1.29 is 23.8 Å². The van der Waals surface area contributed by atoms with Crippen molar-refractivity contribution in [2.45, 2.75) is 0 Å². The Bertz CT molecular complexity index is 919. The molecule has 0 aliphatic heterocycles. The topological polar surface area (TPSA) is 102 Å². The Morgan fingerprint density at radius 3 is 2.72 bits per heavy atom.